The molecule has 2 atom stereocenters. The van der Waals surface area contributed by atoms with Crippen molar-refractivity contribution in [2.45, 2.75) is 32.6 Å². The van der Waals surface area contributed by atoms with Crippen molar-refractivity contribution < 1.29 is 0 Å². The van der Waals surface area contributed by atoms with Crippen LogP contribution in [0.15, 0.2) is 30.3 Å². The van der Waals surface area contributed by atoms with E-state index < -0.39 is 0 Å². The number of hydrogen-bond donors (Lipinski definition) is 0. The van der Waals surface area contributed by atoms with E-state index in [4.69, 9.17) is 0 Å². The maximum absolute atomic E-state index is 2.54. The summed E-state index contributed by atoms with van der Waals surface area (Å²) in [6.07, 6.45) is 7.98. The van der Waals surface area contributed by atoms with Gasteiger partial charge < -0.3 is 0 Å². The van der Waals surface area contributed by atoms with E-state index >= 15 is 0 Å². The lowest BCUT2D eigenvalue weighted by molar-refractivity contribution is 0.695. The molecule has 78 valence electrons. The van der Waals surface area contributed by atoms with E-state index in [0.29, 0.717) is 0 Å². The third-order valence-electron chi connectivity index (χ3n) is 4.04. The predicted molar refractivity (Wildman–Crippen MR) is 64.6 cm³/mol. The predicted octanol–water partition coefficient (Wildman–Crippen LogP) is 4.06. The van der Waals surface area contributed by atoms with Gasteiger partial charge in [-0.05, 0) is 54.2 Å². The summed E-state index contributed by atoms with van der Waals surface area (Å²) in [7, 11) is 0. The molecule has 15 heavy (non-hydrogen) atoms. The average Bonchev–Trinajstić information content (AvgIpc) is 2.90. The molecule has 3 rings (SSSR count). The minimum Gasteiger partial charge on any atom is -0.0773 e. The minimum absolute atomic E-state index is 0.877. The molecule has 0 aromatic heterocycles. The molecule has 2 aliphatic rings. The topological polar surface area (TPSA) is 0 Å². The second-order valence-electron chi connectivity index (χ2n) is 4.90. The molecule has 2 aliphatic carbocycles. The largest absolute Gasteiger partial charge is 0.0773 e. The maximum Gasteiger partial charge on any atom is -0.0153 e. The highest BCUT2D eigenvalue weighted by Crippen LogP contribution is 2.48. The molecule has 0 amide bonds. The van der Waals surface area contributed by atoms with Crippen LogP contribution in [0.3, 0.4) is 0 Å². The van der Waals surface area contributed by atoms with Crippen LogP contribution in [-0.4, -0.2) is 0 Å². The van der Waals surface area contributed by atoms with Gasteiger partial charge in [-0.25, -0.2) is 0 Å². The molecule has 2 bridgehead atoms. The summed E-state index contributed by atoms with van der Waals surface area (Å²) in [4.78, 5) is 0. The van der Waals surface area contributed by atoms with Gasteiger partial charge in [0, 0.05) is 0 Å². The molecule has 0 heterocycles. The van der Waals surface area contributed by atoms with Crippen molar-refractivity contribution in [2.75, 3.05) is 0 Å². The molecule has 0 aliphatic heterocycles. The lowest BCUT2D eigenvalue weighted by Crippen LogP contribution is -1.99. The van der Waals surface area contributed by atoms with E-state index in [2.05, 4.69) is 37.3 Å². The number of allylic oxidation sites excluding steroid dienone is 2. The van der Waals surface area contributed by atoms with Crippen molar-refractivity contribution in [1.29, 1.82) is 0 Å². The third kappa shape index (κ3) is 1.43. The average molecular weight is 198 g/mol. The molecule has 1 saturated carbocycles. The second kappa shape index (κ2) is 3.52. The van der Waals surface area contributed by atoms with Crippen molar-refractivity contribution in [3.63, 3.8) is 0 Å². The van der Waals surface area contributed by atoms with Crippen LogP contribution in [0, 0.1) is 11.8 Å². The smallest absolute Gasteiger partial charge is 0.0153 e. The van der Waals surface area contributed by atoms with Gasteiger partial charge in [0.1, 0.15) is 0 Å². The summed E-state index contributed by atoms with van der Waals surface area (Å²) in [5, 5.41) is 0. The zero-order chi connectivity index (χ0) is 10.3. The molecular weight excluding hydrogens is 180 g/mol. The molecular formula is C15H18. The number of benzene rings is 1. The maximum atomic E-state index is 2.54. The van der Waals surface area contributed by atoms with Gasteiger partial charge in [0.2, 0.25) is 0 Å². The number of hydrogen-bond acceptors (Lipinski definition) is 0. The second-order valence-corrected chi connectivity index (χ2v) is 4.90. The van der Waals surface area contributed by atoms with Crippen LogP contribution in [-0.2, 0) is 6.42 Å². The van der Waals surface area contributed by atoms with Gasteiger partial charge in [-0.1, -0.05) is 37.3 Å². The van der Waals surface area contributed by atoms with Gasteiger partial charge >= 0.3 is 0 Å². The van der Waals surface area contributed by atoms with Crippen LogP contribution < -0.4 is 0 Å². The molecule has 0 radical (unpaired) electrons. The normalized spacial score (nSPS) is 28.2. The van der Waals surface area contributed by atoms with E-state index in [1.165, 1.54) is 30.4 Å². The van der Waals surface area contributed by atoms with Crippen molar-refractivity contribution in [3.05, 3.63) is 41.5 Å². The Labute approximate surface area is 92.0 Å². The van der Waals surface area contributed by atoms with Crippen LogP contribution >= 0.6 is 0 Å². The summed E-state index contributed by atoms with van der Waals surface area (Å²) in [6.45, 7) is 2.26. The van der Waals surface area contributed by atoms with Gasteiger partial charge in [0.05, 0.1) is 0 Å². The lowest BCUT2D eigenvalue weighted by atomic mass is 9.89. The Morgan fingerprint density at radius 2 is 2.07 bits per heavy atom. The molecule has 0 spiro atoms. The van der Waals surface area contributed by atoms with Crippen molar-refractivity contribution >= 4 is 5.57 Å². The van der Waals surface area contributed by atoms with Gasteiger partial charge in [-0.2, -0.15) is 0 Å². The molecule has 1 aromatic rings. The Morgan fingerprint density at radius 1 is 1.20 bits per heavy atom. The SMILES string of the molecule is CCc1ccccc1C1=CC2CCC1C2. The Morgan fingerprint density at radius 3 is 2.73 bits per heavy atom. The Bertz CT molecular complexity index is 400. The minimum atomic E-state index is 0.877. The van der Waals surface area contributed by atoms with Crippen molar-refractivity contribution in [1.82, 2.24) is 0 Å². The van der Waals surface area contributed by atoms with Gasteiger partial charge in [-0.15, -0.1) is 0 Å². The zero-order valence-electron chi connectivity index (χ0n) is 9.37. The Kier molecular flexibility index (Phi) is 2.16. The van der Waals surface area contributed by atoms with E-state index in [1.54, 1.807) is 5.57 Å². The number of rotatable bonds is 2. The quantitative estimate of drug-likeness (QED) is 0.672. The first-order valence-corrected chi connectivity index (χ1v) is 6.18. The van der Waals surface area contributed by atoms with Crippen LogP contribution in [0.5, 0.6) is 0 Å². The molecule has 0 saturated heterocycles. The highest BCUT2D eigenvalue weighted by molar-refractivity contribution is 5.72. The Hall–Kier alpha value is -1.04. The zero-order valence-corrected chi connectivity index (χ0v) is 9.37. The first-order chi connectivity index (χ1) is 7.38. The fourth-order valence-corrected chi connectivity index (χ4v) is 3.26. The summed E-state index contributed by atoms with van der Waals surface area (Å²) >= 11 is 0. The lowest BCUT2D eigenvalue weighted by Gasteiger charge is -2.16. The monoisotopic (exact) mass is 198 g/mol. The van der Waals surface area contributed by atoms with Crippen LogP contribution in [0.1, 0.15) is 37.3 Å². The highest BCUT2D eigenvalue weighted by atomic mass is 14.4. The highest BCUT2D eigenvalue weighted by Gasteiger charge is 2.33. The summed E-state index contributed by atoms with van der Waals surface area (Å²) in [5.41, 5.74) is 4.72. The van der Waals surface area contributed by atoms with E-state index in [0.717, 1.165) is 18.3 Å². The molecule has 0 nitrogen and oxygen atoms in total. The molecule has 0 heteroatoms. The van der Waals surface area contributed by atoms with E-state index in [1.807, 2.05) is 0 Å². The summed E-state index contributed by atoms with van der Waals surface area (Å²) < 4.78 is 0. The van der Waals surface area contributed by atoms with Gasteiger partial charge in [0.25, 0.3) is 0 Å². The van der Waals surface area contributed by atoms with Crippen LogP contribution in [0.25, 0.3) is 5.57 Å². The third-order valence-corrected chi connectivity index (χ3v) is 4.04. The van der Waals surface area contributed by atoms with Crippen LogP contribution in [0.4, 0.5) is 0 Å². The van der Waals surface area contributed by atoms with E-state index in [9.17, 15) is 0 Å². The number of fused-ring (bicyclic) bond motifs is 2. The first-order valence-electron chi connectivity index (χ1n) is 6.18. The van der Waals surface area contributed by atoms with Gasteiger partial charge in [-0.3, -0.25) is 0 Å². The summed E-state index contributed by atoms with van der Waals surface area (Å²) in [6, 6.07) is 8.94. The fourth-order valence-electron chi connectivity index (χ4n) is 3.26. The molecule has 0 N–H and O–H groups in total. The standard InChI is InChI=1S/C15H18/c1-2-12-5-3-4-6-14(12)15-10-11-7-8-13(15)9-11/h3-6,10-11,13H,2,7-9H2,1H3. The van der Waals surface area contributed by atoms with Crippen LogP contribution in [0.2, 0.25) is 0 Å². The fraction of sp³-hybridized carbons (Fsp3) is 0.467. The van der Waals surface area contributed by atoms with Gasteiger partial charge in [0.15, 0.2) is 0 Å². The Balaban J connectivity index is 2.03. The van der Waals surface area contributed by atoms with Crippen molar-refractivity contribution in [3.8, 4) is 0 Å². The first kappa shape index (κ1) is 9.21. The van der Waals surface area contributed by atoms with Crippen molar-refractivity contribution in [2.24, 2.45) is 11.8 Å². The van der Waals surface area contributed by atoms with E-state index in [-0.39, 0.29) is 0 Å². The summed E-state index contributed by atoms with van der Waals surface area (Å²) in [5.74, 6) is 1.78. The molecule has 1 fully saturated rings. The molecule has 2 unspecified atom stereocenters. The number of aryl methyl sites for hydroxylation is 1. The molecule has 1 aromatic carbocycles.